The molecular formula is C15H27N5O. The van der Waals surface area contributed by atoms with Crippen LogP contribution in [-0.2, 0) is 11.3 Å². The molecule has 21 heavy (non-hydrogen) atoms. The molecule has 1 saturated heterocycles. The fourth-order valence-electron chi connectivity index (χ4n) is 2.99. The Kier molecular flexibility index (Phi) is 6.17. The highest BCUT2D eigenvalue weighted by atomic mass is 16.2. The lowest BCUT2D eigenvalue weighted by Crippen LogP contribution is -2.43. The molecule has 6 nitrogen and oxygen atoms in total. The van der Waals surface area contributed by atoms with Gasteiger partial charge in [-0.1, -0.05) is 25.5 Å². The number of nitrogens with one attached hydrogen (secondary N) is 1. The van der Waals surface area contributed by atoms with Crippen molar-refractivity contribution < 1.29 is 4.79 Å². The van der Waals surface area contributed by atoms with Crippen LogP contribution in [-0.4, -0.2) is 51.5 Å². The maximum absolute atomic E-state index is 11.8. The standard InChI is InChI=1S/C15H27N5O/c1-13(2)11-19-9-4-3-5-14(19)6-7-16-15(21)12-20-10-8-17-18-20/h8,10,13-14H,3-7,9,11-12H2,1-2H3,(H,16,21)/t14-/m0/s1. The van der Waals surface area contributed by atoms with Gasteiger partial charge in [0.2, 0.25) is 5.91 Å². The van der Waals surface area contributed by atoms with Crippen molar-refractivity contribution in [1.29, 1.82) is 0 Å². The maximum atomic E-state index is 11.8. The minimum atomic E-state index is 0.00622. The van der Waals surface area contributed by atoms with Gasteiger partial charge in [-0.3, -0.25) is 4.79 Å². The van der Waals surface area contributed by atoms with Gasteiger partial charge in [-0.25, -0.2) is 4.68 Å². The van der Waals surface area contributed by atoms with Gasteiger partial charge in [0, 0.05) is 25.3 Å². The Balaban J connectivity index is 1.69. The highest BCUT2D eigenvalue weighted by Crippen LogP contribution is 2.20. The molecule has 0 unspecified atom stereocenters. The number of rotatable bonds is 7. The largest absolute Gasteiger partial charge is 0.354 e. The van der Waals surface area contributed by atoms with E-state index in [0.29, 0.717) is 12.0 Å². The lowest BCUT2D eigenvalue weighted by molar-refractivity contribution is -0.121. The fraction of sp³-hybridized carbons (Fsp3) is 0.800. The topological polar surface area (TPSA) is 63.1 Å². The zero-order chi connectivity index (χ0) is 15.1. The van der Waals surface area contributed by atoms with Crippen LogP contribution in [0.15, 0.2) is 12.4 Å². The number of hydrogen-bond acceptors (Lipinski definition) is 4. The fourth-order valence-corrected chi connectivity index (χ4v) is 2.99. The summed E-state index contributed by atoms with van der Waals surface area (Å²) in [5, 5.41) is 10.5. The zero-order valence-corrected chi connectivity index (χ0v) is 13.2. The molecule has 1 aromatic heterocycles. The predicted molar refractivity (Wildman–Crippen MR) is 81.7 cm³/mol. The van der Waals surface area contributed by atoms with Crippen molar-refractivity contribution in [2.24, 2.45) is 5.92 Å². The molecule has 2 heterocycles. The molecule has 118 valence electrons. The second-order valence-electron chi connectivity index (χ2n) is 6.28. The molecule has 1 aliphatic rings. The molecule has 0 saturated carbocycles. The lowest BCUT2D eigenvalue weighted by Gasteiger charge is -2.37. The van der Waals surface area contributed by atoms with Crippen LogP contribution in [0.5, 0.6) is 0 Å². The highest BCUT2D eigenvalue weighted by Gasteiger charge is 2.22. The minimum absolute atomic E-state index is 0.00622. The number of carbonyl (C=O) groups is 1. The summed E-state index contributed by atoms with van der Waals surface area (Å²) in [4.78, 5) is 14.4. The van der Waals surface area contributed by atoms with Crippen molar-refractivity contribution in [3.8, 4) is 0 Å². The van der Waals surface area contributed by atoms with Crippen LogP contribution in [0.2, 0.25) is 0 Å². The molecule has 1 fully saturated rings. The molecule has 0 bridgehead atoms. The molecule has 1 N–H and O–H groups in total. The first-order chi connectivity index (χ1) is 10.1. The van der Waals surface area contributed by atoms with Gasteiger partial charge < -0.3 is 10.2 Å². The molecule has 6 heteroatoms. The number of likely N-dealkylation sites (tertiary alicyclic amines) is 1. The van der Waals surface area contributed by atoms with E-state index in [-0.39, 0.29) is 12.5 Å². The summed E-state index contributed by atoms with van der Waals surface area (Å²) >= 11 is 0. The van der Waals surface area contributed by atoms with E-state index >= 15 is 0 Å². The van der Waals surface area contributed by atoms with E-state index < -0.39 is 0 Å². The normalized spacial score (nSPS) is 19.9. The summed E-state index contributed by atoms with van der Waals surface area (Å²) in [5.74, 6) is 0.708. The van der Waals surface area contributed by atoms with Crippen molar-refractivity contribution in [2.75, 3.05) is 19.6 Å². The predicted octanol–water partition coefficient (Wildman–Crippen LogP) is 1.29. The van der Waals surface area contributed by atoms with Crippen molar-refractivity contribution in [1.82, 2.24) is 25.2 Å². The van der Waals surface area contributed by atoms with Crippen LogP contribution in [0.3, 0.4) is 0 Å². The van der Waals surface area contributed by atoms with Gasteiger partial charge in [0.15, 0.2) is 0 Å². The first-order valence-corrected chi connectivity index (χ1v) is 8.00. The number of carbonyl (C=O) groups excluding carboxylic acids is 1. The summed E-state index contributed by atoms with van der Waals surface area (Å²) in [6.45, 7) is 7.90. The first kappa shape index (κ1) is 15.9. The van der Waals surface area contributed by atoms with Crippen LogP contribution < -0.4 is 5.32 Å². The number of nitrogens with zero attached hydrogens (tertiary/aromatic N) is 4. The highest BCUT2D eigenvalue weighted by molar-refractivity contribution is 5.75. The number of piperidine rings is 1. The molecule has 1 aromatic rings. The van der Waals surface area contributed by atoms with Crippen LogP contribution >= 0.6 is 0 Å². The lowest BCUT2D eigenvalue weighted by atomic mass is 9.98. The van der Waals surface area contributed by atoms with Gasteiger partial charge in [0.1, 0.15) is 6.54 Å². The number of aromatic nitrogens is 3. The van der Waals surface area contributed by atoms with Crippen molar-refractivity contribution in [3.63, 3.8) is 0 Å². The third-order valence-corrected chi connectivity index (χ3v) is 3.93. The minimum Gasteiger partial charge on any atom is -0.354 e. The maximum Gasteiger partial charge on any atom is 0.241 e. The van der Waals surface area contributed by atoms with E-state index in [9.17, 15) is 4.79 Å². The van der Waals surface area contributed by atoms with Gasteiger partial charge in [0.05, 0.1) is 6.20 Å². The Hall–Kier alpha value is -1.43. The second kappa shape index (κ2) is 8.12. The van der Waals surface area contributed by atoms with Crippen molar-refractivity contribution in [2.45, 2.75) is 52.1 Å². The van der Waals surface area contributed by atoms with E-state index in [1.54, 1.807) is 17.1 Å². The monoisotopic (exact) mass is 293 g/mol. The van der Waals surface area contributed by atoms with Crippen molar-refractivity contribution in [3.05, 3.63) is 12.4 Å². The molecule has 0 radical (unpaired) electrons. The van der Waals surface area contributed by atoms with E-state index in [0.717, 1.165) is 19.5 Å². The molecular weight excluding hydrogens is 266 g/mol. The van der Waals surface area contributed by atoms with Gasteiger partial charge in [-0.05, 0) is 31.7 Å². The number of hydrogen-bond donors (Lipinski definition) is 1. The van der Waals surface area contributed by atoms with Crippen molar-refractivity contribution >= 4 is 5.91 Å². The molecule has 0 aliphatic carbocycles. The van der Waals surface area contributed by atoms with Gasteiger partial charge >= 0.3 is 0 Å². The van der Waals surface area contributed by atoms with E-state index in [1.807, 2.05) is 0 Å². The molecule has 2 rings (SSSR count). The van der Waals surface area contributed by atoms with E-state index in [2.05, 4.69) is 34.4 Å². The molecule has 1 atom stereocenters. The summed E-state index contributed by atoms with van der Waals surface area (Å²) in [7, 11) is 0. The smallest absolute Gasteiger partial charge is 0.241 e. The Labute approximate surface area is 126 Å². The molecule has 0 aromatic carbocycles. The summed E-state index contributed by atoms with van der Waals surface area (Å²) < 4.78 is 1.54. The second-order valence-corrected chi connectivity index (χ2v) is 6.28. The van der Waals surface area contributed by atoms with E-state index in [1.165, 1.54) is 25.8 Å². The average Bonchev–Trinajstić information content (AvgIpc) is 2.93. The Bertz CT molecular complexity index is 418. The van der Waals surface area contributed by atoms with Crippen LogP contribution in [0.1, 0.15) is 39.5 Å². The summed E-state index contributed by atoms with van der Waals surface area (Å²) in [5.41, 5.74) is 0. The molecule has 1 aliphatic heterocycles. The van der Waals surface area contributed by atoms with Gasteiger partial charge in [-0.15, -0.1) is 5.10 Å². The van der Waals surface area contributed by atoms with Crippen LogP contribution in [0.4, 0.5) is 0 Å². The van der Waals surface area contributed by atoms with E-state index in [4.69, 9.17) is 0 Å². The van der Waals surface area contributed by atoms with Gasteiger partial charge in [0.25, 0.3) is 0 Å². The summed E-state index contributed by atoms with van der Waals surface area (Å²) in [6.07, 6.45) is 8.19. The van der Waals surface area contributed by atoms with Crippen LogP contribution in [0, 0.1) is 5.92 Å². The zero-order valence-electron chi connectivity index (χ0n) is 13.2. The third-order valence-electron chi connectivity index (χ3n) is 3.93. The quantitative estimate of drug-likeness (QED) is 0.823. The SMILES string of the molecule is CC(C)CN1CCCC[C@H]1CCNC(=O)Cn1ccnn1. The summed E-state index contributed by atoms with van der Waals surface area (Å²) in [6, 6.07) is 0.618. The Morgan fingerprint density at radius 2 is 2.29 bits per heavy atom. The van der Waals surface area contributed by atoms with Crippen LogP contribution in [0.25, 0.3) is 0 Å². The Morgan fingerprint density at radius 1 is 1.43 bits per heavy atom. The molecule has 1 amide bonds. The molecule has 0 spiro atoms. The first-order valence-electron chi connectivity index (χ1n) is 8.00. The Morgan fingerprint density at radius 3 is 3.00 bits per heavy atom. The third kappa shape index (κ3) is 5.46. The average molecular weight is 293 g/mol. The van der Waals surface area contributed by atoms with Gasteiger partial charge in [-0.2, -0.15) is 0 Å². The number of amides is 1.